The number of aromatic nitrogens is 3. The molecule has 0 atom stereocenters. The largest absolute Gasteiger partial charge is 0.497 e. The Morgan fingerprint density at radius 2 is 1.76 bits per heavy atom. The van der Waals surface area contributed by atoms with Crippen LogP contribution in [0.2, 0.25) is 10.0 Å². The number of rotatable bonds is 8. The maximum atomic E-state index is 12.5. The minimum absolute atomic E-state index is 0.0388. The Balaban J connectivity index is 1.55. The number of carbonyl (C=O) groups is 1. The lowest BCUT2D eigenvalue weighted by Gasteiger charge is -2.19. The van der Waals surface area contributed by atoms with Gasteiger partial charge in [0.15, 0.2) is 11.0 Å². The molecule has 1 heterocycles. The fourth-order valence-electron chi connectivity index (χ4n) is 3.59. The van der Waals surface area contributed by atoms with Crippen molar-refractivity contribution in [3.8, 4) is 22.8 Å². The first kappa shape index (κ1) is 27.7. The third-order valence-electron chi connectivity index (χ3n) is 5.68. The third kappa shape index (κ3) is 6.56. The van der Waals surface area contributed by atoms with Crippen LogP contribution in [0.4, 0.5) is 0 Å². The molecular weight excluding hydrogens is 541 g/mol. The van der Waals surface area contributed by atoms with Gasteiger partial charge in [-0.15, -0.1) is 10.2 Å². The third-order valence-corrected chi connectivity index (χ3v) is 7.44. The van der Waals surface area contributed by atoms with E-state index >= 15 is 0 Å². The van der Waals surface area contributed by atoms with E-state index in [1.165, 1.54) is 23.5 Å². The first-order valence-corrected chi connectivity index (χ1v) is 13.5. The van der Waals surface area contributed by atoms with E-state index in [2.05, 4.69) is 53.6 Å². The Bertz CT molecular complexity index is 1450. The number of nitrogens with zero attached hydrogens (tertiary/aromatic N) is 4. The molecule has 0 aliphatic carbocycles. The van der Waals surface area contributed by atoms with Crippen molar-refractivity contribution < 1.29 is 9.53 Å². The molecule has 38 heavy (non-hydrogen) atoms. The molecule has 10 heteroatoms. The van der Waals surface area contributed by atoms with Crippen molar-refractivity contribution in [1.29, 1.82) is 0 Å². The molecule has 4 rings (SSSR count). The van der Waals surface area contributed by atoms with Gasteiger partial charge in [0.2, 0.25) is 0 Å². The smallest absolute Gasteiger partial charge is 0.250 e. The maximum Gasteiger partial charge on any atom is 0.250 e. The van der Waals surface area contributed by atoms with Crippen LogP contribution in [-0.4, -0.2) is 39.7 Å². The quantitative estimate of drug-likeness (QED) is 0.144. The highest BCUT2D eigenvalue weighted by Gasteiger charge is 2.19. The van der Waals surface area contributed by atoms with Crippen LogP contribution in [0.5, 0.6) is 5.75 Å². The monoisotopic (exact) mass is 567 g/mol. The predicted molar refractivity (Wildman–Crippen MR) is 155 cm³/mol. The Labute approximate surface area is 236 Å². The lowest BCUT2D eigenvalue weighted by molar-refractivity contribution is -0.118. The van der Waals surface area contributed by atoms with Crippen molar-refractivity contribution in [1.82, 2.24) is 20.2 Å². The number of halogens is 2. The molecule has 0 fully saturated rings. The van der Waals surface area contributed by atoms with Gasteiger partial charge < -0.3 is 4.74 Å². The van der Waals surface area contributed by atoms with Crippen molar-refractivity contribution in [3.05, 3.63) is 87.9 Å². The fraction of sp³-hybridized carbons (Fsp3) is 0.214. The van der Waals surface area contributed by atoms with Gasteiger partial charge in [0.05, 0.1) is 29.1 Å². The summed E-state index contributed by atoms with van der Waals surface area (Å²) in [5, 5.41) is 14.2. The molecule has 1 amide bonds. The molecule has 7 nitrogen and oxygen atoms in total. The van der Waals surface area contributed by atoms with Gasteiger partial charge >= 0.3 is 0 Å². The van der Waals surface area contributed by atoms with E-state index in [0.29, 0.717) is 26.6 Å². The Hall–Kier alpha value is -3.33. The summed E-state index contributed by atoms with van der Waals surface area (Å²) < 4.78 is 7.24. The van der Waals surface area contributed by atoms with E-state index < -0.39 is 0 Å². The number of benzene rings is 3. The van der Waals surface area contributed by atoms with E-state index in [0.717, 1.165) is 17.0 Å². The zero-order chi connectivity index (χ0) is 27.3. The molecule has 0 bridgehead atoms. The molecule has 0 unspecified atom stereocenters. The Morgan fingerprint density at radius 1 is 1.05 bits per heavy atom. The van der Waals surface area contributed by atoms with Gasteiger partial charge in [0.1, 0.15) is 5.75 Å². The van der Waals surface area contributed by atoms with E-state index in [-0.39, 0.29) is 17.1 Å². The second-order valence-corrected chi connectivity index (χ2v) is 11.1. The van der Waals surface area contributed by atoms with Gasteiger partial charge in [-0.2, -0.15) is 5.10 Å². The van der Waals surface area contributed by atoms with Crippen molar-refractivity contribution in [2.24, 2.45) is 5.10 Å². The second-order valence-electron chi connectivity index (χ2n) is 9.39. The molecule has 3 aromatic carbocycles. The van der Waals surface area contributed by atoms with Crippen LogP contribution in [0.3, 0.4) is 0 Å². The van der Waals surface area contributed by atoms with E-state index in [1.807, 2.05) is 41.0 Å². The van der Waals surface area contributed by atoms with Gasteiger partial charge in [-0.25, -0.2) is 5.43 Å². The fourth-order valence-corrected chi connectivity index (χ4v) is 4.69. The van der Waals surface area contributed by atoms with Gasteiger partial charge in [0.25, 0.3) is 5.91 Å². The van der Waals surface area contributed by atoms with Gasteiger partial charge in [-0.3, -0.25) is 9.36 Å². The molecule has 1 aromatic heterocycles. The molecule has 0 aliphatic rings. The molecule has 196 valence electrons. The lowest BCUT2D eigenvalue weighted by atomic mass is 9.87. The zero-order valence-corrected chi connectivity index (χ0v) is 23.7. The number of hydrogen-bond acceptors (Lipinski definition) is 6. The molecule has 0 radical (unpaired) electrons. The van der Waals surface area contributed by atoms with Crippen LogP contribution in [0.15, 0.2) is 77.0 Å². The second kappa shape index (κ2) is 12.0. The number of ether oxygens (including phenoxy) is 1. The van der Waals surface area contributed by atoms with Crippen LogP contribution < -0.4 is 10.2 Å². The predicted octanol–water partition coefficient (Wildman–Crippen LogP) is 6.79. The summed E-state index contributed by atoms with van der Waals surface area (Å²) in [4.78, 5) is 12.5. The average Bonchev–Trinajstić information content (AvgIpc) is 3.33. The summed E-state index contributed by atoms with van der Waals surface area (Å²) in [6.45, 7) is 6.53. The van der Waals surface area contributed by atoms with E-state index in [4.69, 9.17) is 27.9 Å². The van der Waals surface area contributed by atoms with Crippen LogP contribution >= 0.6 is 35.0 Å². The average molecular weight is 569 g/mol. The van der Waals surface area contributed by atoms with Crippen LogP contribution in [0.1, 0.15) is 31.9 Å². The number of nitrogens with one attached hydrogen (secondary N) is 1. The van der Waals surface area contributed by atoms with Crippen molar-refractivity contribution >= 4 is 47.1 Å². The molecule has 0 spiro atoms. The molecule has 4 aromatic rings. The number of thioether (sulfide) groups is 1. The van der Waals surface area contributed by atoms with E-state index in [9.17, 15) is 4.79 Å². The first-order valence-electron chi connectivity index (χ1n) is 11.8. The highest BCUT2D eigenvalue weighted by Crippen LogP contribution is 2.31. The summed E-state index contributed by atoms with van der Waals surface area (Å²) in [5.74, 6) is 1.19. The maximum absolute atomic E-state index is 12.5. The van der Waals surface area contributed by atoms with Crippen molar-refractivity contribution in [2.75, 3.05) is 12.9 Å². The highest BCUT2D eigenvalue weighted by atomic mass is 35.5. The molecule has 1 N–H and O–H groups in total. The molecule has 0 saturated heterocycles. The number of methoxy groups -OCH3 is 1. The summed E-state index contributed by atoms with van der Waals surface area (Å²) in [6.07, 6.45) is 1.45. The van der Waals surface area contributed by atoms with Gasteiger partial charge in [-0.1, -0.05) is 92.1 Å². The van der Waals surface area contributed by atoms with Gasteiger partial charge in [0, 0.05) is 16.8 Å². The molecule has 0 saturated carbocycles. The standard InChI is InChI=1S/C28H27Cl2N5O2S/c1-28(2,3)20-10-8-18(9-11-20)26-33-34-27(35(26)21-12-14-22(37-4)15-13-21)38-17-24(36)32-31-16-19-6-5-7-23(29)25(19)30/h5-16H,17H2,1-4H3,(H,32,36)/b31-16-. The molecular formula is C28H27Cl2N5O2S. The number of carbonyl (C=O) groups excluding carboxylic acids is 1. The summed E-state index contributed by atoms with van der Waals surface area (Å²) in [5.41, 5.74) is 6.15. The number of hydrogen-bond donors (Lipinski definition) is 1. The lowest BCUT2D eigenvalue weighted by Crippen LogP contribution is -2.20. The van der Waals surface area contributed by atoms with Crippen molar-refractivity contribution in [3.63, 3.8) is 0 Å². The summed E-state index contributed by atoms with van der Waals surface area (Å²) in [6, 6.07) is 21.1. The number of amides is 1. The SMILES string of the molecule is COc1ccc(-n2c(SCC(=O)N/N=C\c3cccc(Cl)c3Cl)nnc2-c2ccc(C(C)(C)C)cc2)cc1. The van der Waals surface area contributed by atoms with Crippen LogP contribution in [0, 0.1) is 0 Å². The first-order chi connectivity index (χ1) is 18.2. The van der Waals surface area contributed by atoms with E-state index in [1.54, 1.807) is 25.3 Å². The molecule has 0 aliphatic heterocycles. The summed E-state index contributed by atoms with van der Waals surface area (Å²) in [7, 11) is 1.62. The van der Waals surface area contributed by atoms with Crippen LogP contribution in [-0.2, 0) is 10.2 Å². The Morgan fingerprint density at radius 3 is 2.42 bits per heavy atom. The topological polar surface area (TPSA) is 81.4 Å². The highest BCUT2D eigenvalue weighted by molar-refractivity contribution is 7.99. The zero-order valence-electron chi connectivity index (χ0n) is 21.4. The normalized spacial score (nSPS) is 11.6. The number of hydrazone groups is 1. The Kier molecular flexibility index (Phi) is 8.76. The minimum Gasteiger partial charge on any atom is -0.497 e. The van der Waals surface area contributed by atoms with Crippen LogP contribution in [0.25, 0.3) is 17.1 Å². The minimum atomic E-state index is -0.301. The van der Waals surface area contributed by atoms with Crippen molar-refractivity contribution in [2.45, 2.75) is 31.3 Å². The summed E-state index contributed by atoms with van der Waals surface area (Å²) >= 11 is 13.4. The van der Waals surface area contributed by atoms with Gasteiger partial charge in [-0.05, 0) is 41.3 Å².